The van der Waals surface area contributed by atoms with Gasteiger partial charge in [0.05, 0.1) is 4.90 Å². The van der Waals surface area contributed by atoms with E-state index in [4.69, 9.17) is 16.3 Å². The molecule has 1 aliphatic heterocycles. The zero-order chi connectivity index (χ0) is 20.3. The molecule has 1 aliphatic rings. The highest BCUT2D eigenvalue weighted by Crippen LogP contribution is 2.20. The van der Waals surface area contributed by atoms with E-state index in [1.807, 2.05) is 31.2 Å². The van der Waals surface area contributed by atoms with Gasteiger partial charge in [0.1, 0.15) is 5.75 Å². The molecule has 6 nitrogen and oxygen atoms in total. The van der Waals surface area contributed by atoms with E-state index in [-0.39, 0.29) is 23.9 Å². The monoisotopic (exact) mass is 422 g/mol. The van der Waals surface area contributed by atoms with Crippen LogP contribution in [-0.2, 0) is 14.8 Å². The van der Waals surface area contributed by atoms with Gasteiger partial charge in [-0.05, 0) is 50.2 Å². The lowest BCUT2D eigenvalue weighted by molar-refractivity contribution is -0.139. The van der Waals surface area contributed by atoms with E-state index in [1.165, 1.54) is 16.4 Å². The summed E-state index contributed by atoms with van der Waals surface area (Å²) in [5, 5.41) is 0.483. The summed E-state index contributed by atoms with van der Waals surface area (Å²) < 4.78 is 32.6. The van der Waals surface area contributed by atoms with Crippen molar-refractivity contribution < 1.29 is 17.9 Å². The molecular formula is C20H23ClN2O4S. The molecule has 1 fully saturated rings. The predicted octanol–water partition coefficient (Wildman–Crippen LogP) is 2.95. The Morgan fingerprint density at radius 2 is 1.57 bits per heavy atom. The van der Waals surface area contributed by atoms with Crippen LogP contribution in [0.1, 0.15) is 12.5 Å². The van der Waals surface area contributed by atoms with Crippen LogP contribution in [-0.4, -0.2) is 55.8 Å². The fourth-order valence-corrected chi connectivity index (χ4v) is 4.58. The molecule has 1 heterocycles. The average Bonchev–Trinajstić information content (AvgIpc) is 2.69. The second kappa shape index (κ2) is 8.51. The SMILES string of the molecule is Cc1ccc(O[C@@H](C)C(=O)N2CCN(S(=O)(=O)c3ccc(Cl)cc3)CC2)cc1. The molecule has 0 unspecified atom stereocenters. The fourth-order valence-electron chi connectivity index (χ4n) is 3.03. The summed E-state index contributed by atoms with van der Waals surface area (Å²) in [5.41, 5.74) is 1.12. The number of piperazine rings is 1. The maximum absolute atomic E-state index is 12.7. The van der Waals surface area contributed by atoms with E-state index in [1.54, 1.807) is 24.0 Å². The summed E-state index contributed by atoms with van der Waals surface area (Å²) in [6.45, 7) is 4.83. The van der Waals surface area contributed by atoms with E-state index in [0.29, 0.717) is 23.9 Å². The van der Waals surface area contributed by atoms with Crippen molar-refractivity contribution in [2.45, 2.75) is 24.8 Å². The maximum Gasteiger partial charge on any atom is 0.263 e. The standard InChI is InChI=1S/C20H23ClN2O4S/c1-15-3-7-18(8-4-15)27-16(2)20(24)22-11-13-23(14-12-22)28(25,26)19-9-5-17(21)6-10-19/h3-10,16H,11-14H2,1-2H3/t16-/m0/s1. The topological polar surface area (TPSA) is 66.9 Å². The van der Waals surface area contributed by atoms with Crippen molar-refractivity contribution in [2.24, 2.45) is 0 Å². The first-order valence-corrected chi connectivity index (χ1v) is 10.9. The number of hydrogen-bond acceptors (Lipinski definition) is 4. The van der Waals surface area contributed by atoms with Gasteiger partial charge in [-0.25, -0.2) is 8.42 Å². The fraction of sp³-hybridized carbons (Fsp3) is 0.350. The Bertz CT molecular complexity index is 922. The average molecular weight is 423 g/mol. The van der Waals surface area contributed by atoms with Gasteiger partial charge in [-0.1, -0.05) is 29.3 Å². The molecule has 0 aliphatic carbocycles. The lowest BCUT2D eigenvalue weighted by atomic mass is 10.2. The highest BCUT2D eigenvalue weighted by molar-refractivity contribution is 7.89. The molecule has 2 aromatic rings. The number of amides is 1. The first-order chi connectivity index (χ1) is 13.3. The van der Waals surface area contributed by atoms with Gasteiger partial charge in [0.15, 0.2) is 6.10 Å². The number of hydrogen-bond donors (Lipinski definition) is 0. The van der Waals surface area contributed by atoms with Crippen LogP contribution in [0.3, 0.4) is 0 Å². The number of carbonyl (C=O) groups excluding carboxylic acids is 1. The number of aryl methyl sites for hydroxylation is 1. The number of halogens is 1. The zero-order valence-electron chi connectivity index (χ0n) is 15.8. The molecule has 2 aromatic carbocycles. The van der Waals surface area contributed by atoms with Gasteiger partial charge < -0.3 is 9.64 Å². The third-order valence-corrected chi connectivity index (χ3v) is 6.85. The van der Waals surface area contributed by atoms with Crippen molar-refractivity contribution in [1.82, 2.24) is 9.21 Å². The maximum atomic E-state index is 12.7. The molecule has 1 amide bonds. The Morgan fingerprint density at radius 1 is 1.00 bits per heavy atom. The van der Waals surface area contributed by atoms with Crippen molar-refractivity contribution in [3.8, 4) is 5.75 Å². The molecule has 0 aromatic heterocycles. The summed E-state index contributed by atoms with van der Waals surface area (Å²) in [6.07, 6.45) is -0.637. The van der Waals surface area contributed by atoms with Crippen molar-refractivity contribution >= 4 is 27.5 Å². The van der Waals surface area contributed by atoms with Crippen molar-refractivity contribution in [3.63, 3.8) is 0 Å². The van der Waals surface area contributed by atoms with Gasteiger partial charge >= 0.3 is 0 Å². The molecule has 8 heteroatoms. The number of sulfonamides is 1. The number of nitrogens with zero attached hydrogens (tertiary/aromatic N) is 2. The first-order valence-electron chi connectivity index (χ1n) is 9.05. The van der Waals surface area contributed by atoms with Gasteiger partial charge in [0.2, 0.25) is 10.0 Å². The van der Waals surface area contributed by atoms with Gasteiger partial charge in [-0.2, -0.15) is 4.31 Å². The second-order valence-corrected chi connectivity index (χ2v) is 9.13. The van der Waals surface area contributed by atoms with Crippen molar-refractivity contribution in [1.29, 1.82) is 0 Å². The number of carbonyl (C=O) groups is 1. The van der Waals surface area contributed by atoms with Crippen molar-refractivity contribution in [2.75, 3.05) is 26.2 Å². The van der Waals surface area contributed by atoms with Gasteiger partial charge in [0, 0.05) is 31.2 Å². The Labute approximate surface area is 170 Å². The minimum absolute atomic E-state index is 0.149. The Morgan fingerprint density at radius 3 is 2.14 bits per heavy atom. The Hall–Kier alpha value is -2.09. The minimum Gasteiger partial charge on any atom is -0.481 e. The van der Waals surface area contributed by atoms with E-state index in [0.717, 1.165) is 5.56 Å². The van der Waals surface area contributed by atoms with E-state index < -0.39 is 16.1 Å². The highest BCUT2D eigenvalue weighted by Gasteiger charge is 2.32. The summed E-state index contributed by atoms with van der Waals surface area (Å²) in [4.78, 5) is 14.5. The molecule has 0 saturated carbocycles. The Balaban J connectivity index is 1.58. The zero-order valence-corrected chi connectivity index (χ0v) is 17.4. The quantitative estimate of drug-likeness (QED) is 0.743. The van der Waals surface area contributed by atoms with Crippen LogP contribution < -0.4 is 4.74 Å². The summed E-state index contributed by atoms with van der Waals surface area (Å²) in [5.74, 6) is 0.486. The molecule has 0 spiro atoms. The van der Waals surface area contributed by atoms with Gasteiger partial charge in [-0.15, -0.1) is 0 Å². The number of rotatable bonds is 5. The van der Waals surface area contributed by atoms with Gasteiger partial charge in [0.25, 0.3) is 5.91 Å². The molecule has 0 bridgehead atoms. The molecule has 0 radical (unpaired) electrons. The van der Waals surface area contributed by atoms with Crippen LogP contribution in [0, 0.1) is 6.92 Å². The minimum atomic E-state index is -3.60. The lowest BCUT2D eigenvalue weighted by Crippen LogP contribution is -2.53. The van der Waals surface area contributed by atoms with E-state index >= 15 is 0 Å². The van der Waals surface area contributed by atoms with Crippen LogP contribution in [0.15, 0.2) is 53.4 Å². The third kappa shape index (κ3) is 4.66. The van der Waals surface area contributed by atoms with Crippen molar-refractivity contribution in [3.05, 3.63) is 59.1 Å². The second-order valence-electron chi connectivity index (χ2n) is 6.76. The van der Waals surface area contributed by atoms with E-state index in [2.05, 4.69) is 0 Å². The van der Waals surface area contributed by atoms with Crippen LogP contribution >= 0.6 is 11.6 Å². The molecular weight excluding hydrogens is 400 g/mol. The normalized spacial score (nSPS) is 16.6. The molecule has 3 rings (SSSR count). The number of ether oxygens (including phenoxy) is 1. The molecule has 1 atom stereocenters. The highest BCUT2D eigenvalue weighted by atomic mass is 35.5. The van der Waals surface area contributed by atoms with Crippen LogP contribution in [0.25, 0.3) is 0 Å². The lowest BCUT2D eigenvalue weighted by Gasteiger charge is -2.35. The predicted molar refractivity (Wildman–Crippen MR) is 108 cm³/mol. The van der Waals surface area contributed by atoms with Crippen LogP contribution in [0.2, 0.25) is 5.02 Å². The van der Waals surface area contributed by atoms with Gasteiger partial charge in [-0.3, -0.25) is 4.79 Å². The molecule has 1 saturated heterocycles. The van der Waals surface area contributed by atoms with Crippen LogP contribution in [0.5, 0.6) is 5.75 Å². The molecule has 28 heavy (non-hydrogen) atoms. The summed E-state index contributed by atoms with van der Waals surface area (Å²) in [7, 11) is -3.60. The summed E-state index contributed by atoms with van der Waals surface area (Å²) in [6, 6.07) is 13.6. The number of benzene rings is 2. The first kappa shape index (κ1) is 20.6. The Kier molecular flexibility index (Phi) is 6.27. The van der Waals surface area contributed by atoms with Crippen LogP contribution in [0.4, 0.5) is 0 Å². The molecule has 0 N–H and O–H groups in total. The largest absolute Gasteiger partial charge is 0.481 e. The van der Waals surface area contributed by atoms with E-state index in [9.17, 15) is 13.2 Å². The summed E-state index contributed by atoms with van der Waals surface area (Å²) >= 11 is 5.83. The smallest absolute Gasteiger partial charge is 0.263 e. The third-order valence-electron chi connectivity index (χ3n) is 4.68. The molecule has 150 valence electrons.